The first-order chi connectivity index (χ1) is 13.1. The maximum atomic E-state index is 12.8. The van der Waals surface area contributed by atoms with E-state index in [1.54, 1.807) is 29.2 Å². The number of carbonyl (C=O) groups is 3. The Labute approximate surface area is 158 Å². The zero-order valence-corrected chi connectivity index (χ0v) is 15.4. The summed E-state index contributed by atoms with van der Waals surface area (Å²) >= 11 is 0. The van der Waals surface area contributed by atoms with Crippen LogP contribution < -0.4 is 0 Å². The van der Waals surface area contributed by atoms with Gasteiger partial charge in [0, 0.05) is 20.0 Å². The van der Waals surface area contributed by atoms with Crippen LogP contribution in [0, 0.1) is 0 Å². The number of hydrogen-bond donors (Lipinski definition) is 0. The summed E-state index contributed by atoms with van der Waals surface area (Å²) in [5.74, 6) is -0.670. The highest BCUT2D eigenvalue weighted by atomic mass is 16.2. The third-order valence-electron chi connectivity index (χ3n) is 5.63. The number of rotatable bonds is 4. The van der Waals surface area contributed by atoms with E-state index in [0.29, 0.717) is 11.1 Å². The Morgan fingerprint density at radius 2 is 1.67 bits per heavy atom. The minimum atomic E-state index is -0.311. The highest BCUT2D eigenvalue weighted by Crippen LogP contribution is 2.33. The highest BCUT2D eigenvalue weighted by molar-refractivity contribution is 6.21. The van der Waals surface area contributed by atoms with E-state index in [0.717, 1.165) is 19.3 Å². The average Bonchev–Trinajstić information content (AvgIpc) is 2.95. The van der Waals surface area contributed by atoms with Crippen molar-refractivity contribution in [2.24, 2.45) is 0 Å². The molecule has 3 amide bonds. The number of carbonyl (C=O) groups excluding carboxylic acids is 3. The van der Waals surface area contributed by atoms with Gasteiger partial charge in [-0.3, -0.25) is 19.3 Å². The summed E-state index contributed by atoms with van der Waals surface area (Å²) in [5, 5.41) is 0. The van der Waals surface area contributed by atoms with Crippen molar-refractivity contribution in [3.05, 3.63) is 70.8 Å². The maximum Gasteiger partial charge on any atom is 0.261 e. The average molecular weight is 362 g/mol. The number of nitrogens with zero attached hydrogens (tertiary/aromatic N) is 2. The SMILES string of the molecule is CN(C(=O)CCN1C(=O)c2ccccc2C1=O)[C@@H]1CCCc2ccccc21. The van der Waals surface area contributed by atoms with Crippen LogP contribution in [-0.4, -0.2) is 41.1 Å². The molecule has 0 aromatic heterocycles. The van der Waals surface area contributed by atoms with Crippen LogP contribution in [-0.2, 0) is 11.2 Å². The van der Waals surface area contributed by atoms with Gasteiger partial charge in [0.2, 0.25) is 5.91 Å². The third-order valence-corrected chi connectivity index (χ3v) is 5.63. The van der Waals surface area contributed by atoms with Crippen molar-refractivity contribution in [2.75, 3.05) is 13.6 Å². The van der Waals surface area contributed by atoms with Gasteiger partial charge in [0.1, 0.15) is 0 Å². The molecule has 5 nitrogen and oxygen atoms in total. The van der Waals surface area contributed by atoms with Crippen LogP contribution in [0.3, 0.4) is 0 Å². The van der Waals surface area contributed by atoms with Crippen molar-refractivity contribution in [1.29, 1.82) is 0 Å². The fourth-order valence-electron chi connectivity index (χ4n) is 4.13. The van der Waals surface area contributed by atoms with Crippen molar-refractivity contribution >= 4 is 17.7 Å². The van der Waals surface area contributed by atoms with E-state index in [-0.39, 0.29) is 36.7 Å². The lowest BCUT2D eigenvalue weighted by Gasteiger charge is -2.33. The Bertz CT molecular complexity index is 886. The number of imide groups is 1. The van der Waals surface area contributed by atoms with E-state index in [1.165, 1.54) is 16.0 Å². The molecule has 0 N–H and O–H groups in total. The van der Waals surface area contributed by atoms with Gasteiger partial charge in [0.15, 0.2) is 0 Å². The molecule has 4 rings (SSSR count). The smallest absolute Gasteiger partial charge is 0.261 e. The van der Waals surface area contributed by atoms with Crippen LogP contribution in [0.5, 0.6) is 0 Å². The van der Waals surface area contributed by atoms with Gasteiger partial charge >= 0.3 is 0 Å². The second kappa shape index (κ2) is 6.99. The van der Waals surface area contributed by atoms with Gasteiger partial charge in [-0.1, -0.05) is 36.4 Å². The molecule has 0 saturated heterocycles. The topological polar surface area (TPSA) is 57.7 Å². The molecule has 1 heterocycles. The Morgan fingerprint density at radius 3 is 2.37 bits per heavy atom. The van der Waals surface area contributed by atoms with Crippen LogP contribution in [0.25, 0.3) is 0 Å². The normalized spacial score (nSPS) is 18.3. The minimum Gasteiger partial charge on any atom is -0.339 e. The third kappa shape index (κ3) is 3.03. The van der Waals surface area contributed by atoms with E-state index in [4.69, 9.17) is 0 Å². The van der Waals surface area contributed by atoms with Gasteiger partial charge < -0.3 is 4.90 Å². The zero-order valence-electron chi connectivity index (χ0n) is 15.4. The minimum absolute atomic E-state index is 0.0479. The Balaban J connectivity index is 1.44. The fraction of sp³-hybridized carbons (Fsp3) is 0.318. The molecule has 1 aliphatic carbocycles. The molecule has 27 heavy (non-hydrogen) atoms. The van der Waals surface area contributed by atoms with Crippen LogP contribution in [0.15, 0.2) is 48.5 Å². The first-order valence-electron chi connectivity index (χ1n) is 9.36. The fourth-order valence-corrected chi connectivity index (χ4v) is 4.13. The first kappa shape index (κ1) is 17.5. The largest absolute Gasteiger partial charge is 0.339 e. The molecule has 0 spiro atoms. The van der Waals surface area contributed by atoms with Gasteiger partial charge in [-0.25, -0.2) is 0 Å². The molecule has 1 atom stereocenters. The van der Waals surface area contributed by atoms with Crippen molar-refractivity contribution in [3.8, 4) is 0 Å². The zero-order chi connectivity index (χ0) is 19.0. The van der Waals surface area contributed by atoms with Gasteiger partial charge in [0.25, 0.3) is 11.8 Å². The summed E-state index contributed by atoms with van der Waals surface area (Å²) in [6.07, 6.45) is 3.17. The summed E-state index contributed by atoms with van der Waals surface area (Å²) in [4.78, 5) is 40.6. The molecule has 0 unspecified atom stereocenters. The monoisotopic (exact) mass is 362 g/mol. The summed E-state index contributed by atoms with van der Waals surface area (Å²) in [6.45, 7) is 0.115. The van der Waals surface area contributed by atoms with E-state index >= 15 is 0 Å². The van der Waals surface area contributed by atoms with Crippen LogP contribution in [0.2, 0.25) is 0 Å². The molecular formula is C22H22N2O3. The molecule has 0 fully saturated rings. The number of amides is 3. The Hall–Kier alpha value is -2.95. The second-order valence-electron chi connectivity index (χ2n) is 7.17. The van der Waals surface area contributed by atoms with Gasteiger partial charge in [-0.2, -0.15) is 0 Å². The maximum absolute atomic E-state index is 12.8. The molecule has 0 radical (unpaired) electrons. The van der Waals surface area contributed by atoms with Crippen molar-refractivity contribution in [3.63, 3.8) is 0 Å². The summed E-state index contributed by atoms with van der Waals surface area (Å²) < 4.78 is 0. The van der Waals surface area contributed by atoms with E-state index in [1.807, 2.05) is 19.2 Å². The Morgan fingerprint density at radius 1 is 1.04 bits per heavy atom. The quantitative estimate of drug-likeness (QED) is 0.785. The van der Waals surface area contributed by atoms with E-state index < -0.39 is 0 Å². The molecule has 2 aromatic rings. The number of aryl methyl sites for hydroxylation is 1. The first-order valence-corrected chi connectivity index (χ1v) is 9.36. The molecule has 0 saturated carbocycles. The van der Waals surface area contributed by atoms with E-state index in [2.05, 4.69) is 12.1 Å². The lowest BCUT2D eigenvalue weighted by molar-refractivity contribution is -0.132. The number of hydrogen-bond acceptors (Lipinski definition) is 3. The standard InChI is InChI=1S/C22H22N2O3/c1-23(19-12-6-8-15-7-2-3-9-16(15)19)20(25)13-14-24-21(26)17-10-4-5-11-18(17)22(24)27/h2-5,7,9-11,19H,6,8,12-14H2,1H3/t19-/m1/s1. The lowest BCUT2D eigenvalue weighted by atomic mass is 9.87. The molecule has 2 aromatic carbocycles. The summed E-state index contributed by atoms with van der Waals surface area (Å²) in [5.41, 5.74) is 3.35. The number of fused-ring (bicyclic) bond motifs is 2. The predicted molar refractivity (Wildman–Crippen MR) is 101 cm³/mol. The van der Waals surface area contributed by atoms with E-state index in [9.17, 15) is 14.4 Å². The predicted octanol–water partition coefficient (Wildman–Crippen LogP) is 3.21. The number of benzene rings is 2. The molecule has 1 aliphatic heterocycles. The highest BCUT2D eigenvalue weighted by Gasteiger charge is 2.35. The van der Waals surface area contributed by atoms with Crippen molar-refractivity contribution in [1.82, 2.24) is 9.80 Å². The summed E-state index contributed by atoms with van der Waals surface area (Å²) in [7, 11) is 1.82. The summed E-state index contributed by atoms with van der Waals surface area (Å²) in [6, 6.07) is 15.1. The molecule has 0 bridgehead atoms. The van der Waals surface area contributed by atoms with Crippen LogP contribution in [0.4, 0.5) is 0 Å². The second-order valence-corrected chi connectivity index (χ2v) is 7.17. The molecule has 138 valence electrons. The van der Waals surface area contributed by atoms with Crippen LogP contribution >= 0.6 is 0 Å². The molecule has 2 aliphatic rings. The van der Waals surface area contributed by atoms with Gasteiger partial charge in [-0.15, -0.1) is 0 Å². The van der Waals surface area contributed by atoms with Gasteiger partial charge in [0.05, 0.1) is 17.2 Å². The lowest BCUT2D eigenvalue weighted by Crippen LogP contribution is -2.37. The Kier molecular flexibility index (Phi) is 4.52. The molecule has 5 heteroatoms. The van der Waals surface area contributed by atoms with Crippen molar-refractivity contribution < 1.29 is 14.4 Å². The molecular weight excluding hydrogens is 340 g/mol. The van der Waals surface area contributed by atoms with Crippen molar-refractivity contribution in [2.45, 2.75) is 31.7 Å². The van der Waals surface area contributed by atoms with Crippen LogP contribution in [0.1, 0.15) is 57.1 Å². The van der Waals surface area contributed by atoms with Gasteiger partial charge in [-0.05, 0) is 42.5 Å².